The highest BCUT2D eigenvalue weighted by molar-refractivity contribution is 7.98. The number of hydrogen-bond donors (Lipinski definition) is 1. The van der Waals surface area contributed by atoms with E-state index in [9.17, 15) is 4.79 Å². The van der Waals surface area contributed by atoms with Gasteiger partial charge in [0.05, 0.1) is 15.1 Å². The summed E-state index contributed by atoms with van der Waals surface area (Å²) in [6.07, 6.45) is 0. The van der Waals surface area contributed by atoms with E-state index in [2.05, 4.69) is 34.6 Å². The monoisotopic (exact) mass is 380 g/mol. The largest absolute Gasteiger partial charge is 0.297 e. The van der Waals surface area contributed by atoms with E-state index in [1.54, 1.807) is 11.3 Å². The third-order valence-corrected chi connectivity index (χ3v) is 7.35. The highest BCUT2D eigenvalue weighted by atomic mass is 32.2. The van der Waals surface area contributed by atoms with Crippen LogP contribution in [-0.4, -0.2) is 10.9 Å². The number of aromatic nitrogens is 1. The van der Waals surface area contributed by atoms with Gasteiger partial charge in [-0.2, -0.15) is 0 Å². The minimum Gasteiger partial charge on any atom is -0.297 e. The second-order valence-corrected chi connectivity index (χ2v) is 8.79. The number of nitrogens with one attached hydrogen (secondary N) is 1. The Hall–Kier alpha value is -2.15. The zero-order chi connectivity index (χ0) is 16.8. The predicted octanol–water partition coefficient (Wildman–Crippen LogP) is 5.88. The number of thiophene rings is 1. The van der Waals surface area contributed by atoms with Crippen molar-refractivity contribution in [1.82, 2.24) is 4.98 Å². The summed E-state index contributed by atoms with van der Waals surface area (Å²) in [6, 6.07) is 18.3. The van der Waals surface area contributed by atoms with Crippen LogP contribution in [0.1, 0.15) is 15.2 Å². The Morgan fingerprint density at radius 2 is 1.88 bits per heavy atom. The molecule has 6 heteroatoms. The molecule has 0 radical (unpaired) electrons. The van der Waals surface area contributed by atoms with Crippen molar-refractivity contribution in [3.63, 3.8) is 0 Å². The summed E-state index contributed by atoms with van der Waals surface area (Å²) in [5.41, 5.74) is 3.39. The molecule has 3 heterocycles. The predicted molar refractivity (Wildman–Crippen MR) is 107 cm³/mol. The molecule has 3 nitrogen and oxygen atoms in total. The second-order valence-electron chi connectivity index (χ2n) is 5.69. The van der Waals surface area contributed by atoms with Gasteiger partial charge in [0, 0.05) is 21.1 Å². The number of thioether (sulfide) groups is 1. The van der Waals surface area contributed by atoms with E-state index in [0.717, 1.165) is 20.8 Å². The molecular weight excluding hydrogens is 368 g/mol. The van der Waals surface area contributed by atoms with Gasteiger partial charge in [-0.25, -0.2) is 4.98 Å². The third-order valence-electron chi connectivity index (χ3n) is 4.06. The minimum absolute atomic E-state index is 0.0825. The number of thiazole rings is 1. The maximum Gasteiger partial charge on any atom is 0.267 e. The maximum atomic E-state index is 12.7. The fourth-order valence-electron chi connectivity index (χ4n) is 2.90. The molecular formula is C19H12N2OS3. The van der Waals surface area contributed by atoms with E-state index in [-0.39, 0.29) is 5.91 Å². The molecule has 1 N–H and O–H groups in total. The Balaban J connectivity index is 1.46. The number of hydrogen-bond acceptors (Lipinski definition) is 5. The first kappa shape index (κ1) is 15.1. The smallest absolute Gasteiger partial charge is 0.267 e. The van der Waals surface area contributed by atoms with Gasteiger partial charge in [-0.05, 0) is 29.8 Å². The van der Waals surface area contributed by atoms with Crippen molar-refractivity contribution < 1.29 is 4.79 Å². The first-order chi connectivity index (χ1) is 12.3. The highest BCUT2D eigenvalue weighted by Crippen LogP contribution is 2.45. The molecule has 0 saturated carbocycles. The molecule has 2 aromatic carbocycles. The van der Waals surface area contributed by atoms with Crippen LogP contribution in [0.2, 0.25) is 0 Å². The van der Waals surface area contributed by atoms with E-state index >= 15 is 0 Å². The SMILES string of the molecule is O=C(Nc1nc2ccccc2s1)c1cc2c(s1)-c1ccccc1SC2. The summed E-state index contributed by atoms with van der Waals surface area (Å²) in [5.74, 6) is 0.831. The van der Waals surface area contributed by atoms with Crippen LogP contribution in [0, 0.1) is 0 Å². The van der Waals surface area contributed by atoms with Gasteiger partial charge >= 0.3 is 0 Å². The molecule has 0 bridgehead atoms. The summed E-state index contributed by atoms with van der Waals surface area (Å²) >= 11 is 4.89. The molecule has 122 valence electrons. The van der Waals surface area contributed by atoms with Gasteiger partial charge in [0.25, 0.3) is 5.91 Å². The fraction of sp³-hybridized carbons (Fsp3) is 0.0526. The normalized spacial score (nSPS) is 12.6. The van der Waals surface area contributed by atoms with Gasteiger partial charge in [0.15, 0.2) is 5.13 Å². The van der Waals surface area contributed by atoms with E-state index in [0.29, 0.717) is 5.13 Å². The fourth-order valence-corrected chi connectivity index (χ4v) is 6.07. The van der Waals surface area contributed by atoms with E-state index in [1.807, 2.05) is 42.1 Å². The van der Waals surface area contributed by atoms with E-state index < -0.39 is 0 Å². The zero-order valence-corrected chi connectivity index (χ0v) is 15.4. The molecule has 25 heavy (non-hydrogen) atoms. The van der Waals surface area contributed by atoms with Crippen molar-refractivity contribution in [3.05, 3.63) is 65.0 Å². The highest BCUT2D eigenvalue weighted by Gasteiger charge is 2.22. The number of nitrogens with zero attached hydrogens (tertiary/aromatic N) is 1. The lowest BCUT2D eigenvalue weighted by molar-refractivity contribution is 0.103. The lowest BCUT2D eigenvalue weighted by atomic mass is 10.1. The van der Waals surface area contributed by atoms with Crippen LogP contribution >= 0.6 is 34.4 Å². The van der Waals surface area contributed by atoms with Gasteiger partial charge in [0.2, 0.25) is 0 Å². The maximum absolute atomic E-state index is 12.7. The first-order valence-electron chi connectivity index (χ1n) is 7.80. The number of amides is 1. The molecule has 1 aliphatic heterocycles. The Morgan fingerprint density at radius 3 is 2.80 bits per heavy atom. The average molecular weight is 381 g/mol. The van der Waals surface area contributed by atoms with Crippen LogP contribution in [0.5, 0.6) is 0 Å². The molecule has 5 rings (SSSR count). The Kier molecular flexibility index (Phi) is 3.62. The van der Waals surface area contributed by atoms with Crippen LogP contribution in [0.4, 0.5) is 5.13 Å². The number of fused-ring (bicyclic) bond motifs is 4. The standard InChI is InChI=1S/C19H12N2OS3/c22-18(21-19-20-13-6-2-4-8-15(13)25-19)16-9-11-10-23-14-7-3-1-5-12(14)17(11)24-16/h1-9H,10H2,(H,20,21,22). The van der Waals surface area contributed by atoms with Crippen LogP contribution in [0.3, 0.4) is 0 Å². The van der Waals surface area contributed by atoms with Crippen LogP contribution < -0.4 is 5.32 Å². The number of anilines is 1. The van der Waals surface area contributed by atoms with Gasteiger partial charge in [-0.1, -0.05) is 41.7 Å². The molecule has 0 atom stereocenters. The quantitative estimate of drug-likeness (QED) is 0.472. The zero-order valence-electron chi connectivity index (χ0n) is 13.0. The molecule has 2 aromatic heterocycles. The molecule has 0 unspecified atom stereocenters. The average Bonchev–Trinajstić information content (AvgIpc) is 3.25. The number of rotatable bonds is 2. The van der Waals surface area contributed by atoms with Crippen LogP contribution in [-0.2, 0) is 5.75 Å². The number of para-hydroxylation sites is 1. The molecule has 0 spiro atoms. The van der Waals surface area contributed by atoms with Gasteiger partial charge < -0.3 is 0 Å². The summed E-state index contributed by atoms with van der Waals surface area (Å²) in [7, 11) is 0. The molecule has 0 saturated heterocycles. The Morgan fingerprint density at radius 1 is 1.04 bits per heavy atom. The summed E-state index contributed by atoms with van der Waals surface area (Å²) < 4.78 is 1.08. The summed E-state index contributed by atoms with van der Waals surface area (Å²) in [6.45, 7) is 0. The molecule has 1 aliphatic rings. The van der Waals surface area contributed by atoms with Gasteiger partial charge in [-0.15, -0.1) is 23.1 Å². The van der Waals surface area contributed by atoms with Gasteiger partial charge in [-0.3, -0.25) is 10.1 Å². The number of carbonyl (C=O) groups is 1. The lowest BCUT2D eigenvalue weighted by Gasteiger charge is -2.14. The molecule has 1 amide bonds. The van der Waals surface area contributed by atoms with Crippen molar-refractivity contribution >= 4 is 55.7 Å². The van der Waals surface area contributed by atoms with Crippen molar-refractivity contribution in [2.24, 2.45) is 0 Å². The molecule has 0 aliphatic carbocycles. The minimum atomic E-state index is -0.0825. The van der Waals surface area contributed by atoms with E-state index in [4.69, 9.17) is 0 Å². The van der Waals surface area contributed by atoms with Crippen molar-refractivity contribution in [3.8, 4) is 10.4 Å². The second kappa shape index (κ2) is 5.98. The van der Waals surface area contributed by atoms with Crippen molar-refractivity contribution in [2.45, 2.75) is 10.6 Å². The van der Waals surface area contributed by atoms with Crippen LogP contribution in [0.15, 0.2) is 59.5 Å². The topological polar surface area (TPSA) is 42.0 Å². The molecule has 0 fully saturated rings. The Bertz CT molecular complexity index is 1080. The molecule has 4 aromatic rings. The van der Waals surface area contributed by atoms with Gasteiger partial charge in [0.1, 0.15) is 0 Å². The summed E-state index contributed by atoms with van der Waals surface area (Å²) in [5, 5.41) is 3.60. The lowest BCUT2D eigenvalue weighted by Crippen LogP contribution is -2.09. The van der Waals surface area contributed by atoms with Crippen LogP contribution in [0.25, 0.3) is 20.7 Å². The first-order valence-corrected chi connectivity index (χ1v) is 10.4. The Labute approximate surface area is 156 Å². The third kappa shape index (κ3) is 2.66. The van der Waals surface area contributed by atoms with Crippen molar-refractivity contribution in [2.75, 3.05) is 5.32 Å². The summed E-state index contributed by atoms with van der Waals surface area (Å²) in [4.78, 5) is 20.4. The van der Waals surface area contributed by atoms with Crippen molar-refractivity contribution in [1.29, 1.82) is 0 Å². The number of benzene rings is 2. The number of carbonyl (C=O) groups excluding carboxylic acids is 1. The van der Waals surface area contributed by atoms with E-state index in [1.165, 1.54) is 32.2 Å².